The summed E-state index contributed by atoms with van der Waals surface area (Å²) in [5.74, 6) is -0.526. The van der Waals surface area contributed by atoms with Crippen LogP contribution in [0.15, 0.2) is 64.8 Å². The molecule has 1 aliphatic rings. The Morgan fingerprint density at radius 2 is 1.76 bits per heavy atom. The molecular formula is C22H22BrFN4O. The van der Waals surface area contributed by atoms with E-state index in [0.29, 0.717) is 32.7 Å². The van der Waals surface area contributed by atoms with Crippen molar-refractivity contribution in [1.29, 1.82) is 5.26 Å². The van der Waals surface area contributed by atoms with E-state index in [-0.39, 0.29) is 17.3 Å². The lowest BCUT2D eigenvalue weighted by molar-refractivity contribution is -0.127. The Labute approximate surface area is 178 Å². The van der Waals surface area contributed by atoms with Gasteiger partial charge < -0.3 is 15.1 Å². The fourth-order valence-corrected chi connectivity index (χ4v) is 3.44. The number of carbonyl (C=O) groups is 1. The molecule has 1 saturated heterocycles. The molecule has 1 N–H and O–H groups in total. The molecule has 0 aliphatic carbocycles. The normalized spacial score (nSPS) is 14.4. The Morgan fingerprint density at radius 3 is 2.38 bits per heavy atom. The predicted molar refractivity (Wildman–Crippen MR) is 115 cm³/mol. The van der Waals surface area contributed by atoms with E-state index in [2.05, 4.69) is 26.1 Å². The van der Waals surface area contributed by atoms with Crippen molar-refractivity contribution in [2.45, 2.75) is 6.42 Å². The van der Waals surface area contributed by atoms with Crippen molar-refractivity contribution in [2.75, 3.05) is 37.6 Å². The Kier molecular flexibility index (Phi) is 7.25. The second-order valence-electron chi connectivity index (χ2n) is 6.76. The van der Waals surface area contributed by atoms with Gasteiger partial charge in [0, 0.05) is 49.1 Å². The molecular weight excluding hydrogens is 435 g/mol. The largest absolute Gasteiger partial charge is 0.389 e. The topological polar surface area (TPSA) is 59.4 Å². The smallest absolute Gasteiger partial charge is 0.266 e. The maximum Gasteiger partial charge on any atom is 0.266 e. The number of amides is 1. The van der Waals surface area contributed by atoms with Crippen LogP contribution in [-0.4, -0.2) is 43.5 Å². The summed E-state index contributed by atoms with van der Waals surface area (Å²) in [5.41, 5.74) is 2.22. The molecule has 1 heterocycles. The minimum Gasteiger partial charge on any atom is -0.389 e. The molecule has 0 saturated carbocycles. The third kappa shape index (κ3) is 5.81. The van der Waals surface area contributed by atoms with E-state index < -0.39 is 0 Å². The first kappa shape index (κ1) is 20.9. The second-order valence-corrected chi connectivity index (χ2v) is 7.67. The average Bonchev–Trinajstić information content (AvgIpc) is 2.75. The quantitative estimate of drug-likeness (QED) is 0.410. The average molecular weight is 457 g/mol. The van der Waals surface area contributed by atoms with Crippen LogP contribution >= 0.6 is 15.9 Å². The van der Waals surface area contributed by atoms with Gasteiger partial charge in [0.1, 0.15) is 17.5 Å². The first-order chi connectivity index (χ1) is 14.1. The predicted octanol–water partition coefficient (Wildman–Crippen LogP) is 3.48. The van der Waals surface area contributed by atoms with Crippen LogP contribution in [0.5, 0.6) is 0 Å². The van der Waals surface area contributed by atoms with Crippen LogP contribution in [0, 0.1) is 17.1 Å². The zero-order valence-electron chi connectivity index (χ0n) is 15.9. The van der Waals surface area contributed by atoms with E-state index in [1.54, 1.807) is 17.0 Å². The van der Waals surface area contributed by atoms with Gasteiger partial charge in [0.15, 0.2) is 0 Å². The molecule has 29 heavy (non-hydrogen) atoms. The molecule has 2 aromatic carbocycles. The van der Waals surface area contributed by atoms with E-state index >= 15 is 0 Å². The summed E-state index contributed by atoms with van der Waals surface area (Å²) >= 11 is 3.41. The lowest BCUT2D eigenvalue weighted by Gasteiger charge is -2.36. The fourth-order valence-electron chi connectivity index (χ4n) is 3.17. The lowest BCUT2D eigenvalue weighted by Crippen LogP contribution is -2.49. The Bertz CT molecular complexity index is 898. The SMILES string of the molecule is N#C/C(=C/NCCc1ccc(Br)cc1)C(=O)N1CCN(c2ccc(F)cc2)CC1. The third-order valence-corrected chi connectivity index (χ3v) is 5.36. The van der Waals surface area contributed by atoms with Gasteiger partial charge in [0.25, 0.3) is 5.91 Å². The minimum absolute atomic E-state index is 0.107. The molecule has 0 aromatic heterocycles. The number of benzene rings is 2. The van der Waals surface area contributed by atoms with Crippen LogP contribution in [-0.2, 0) is 11.2 Å². The van der Waals surface area contributed by atoms with Crippen molar-refractivity contribution in [2.24, 2.45) is 0 Å². The molecule has 5 nitrogen and oxygen atoms in total. The minimum atomic E-state index is -0.265. The zero-order chi connectivity index (χ0) is 20.6. The second kappa shape index (κ2) is 10.1. The van der Waals surface area contributed by atoms with Crippen LogP contribution in [0.2, 0.25) is 0 Å². The number of carbonyl (C=O) groups excluding carboxylic acids is 1. The number of nitriles is 1. The highest BCUT2D eigenvalue weighted by Gasteiger charge is 2.23. The molecule has 1 amide bonds. The van der Waals surface area contributed by atoms with E-state index in [1.165, 1.54) is 23.9 Å². The van der Waals surface area contributed by atoms with Crippen molar-refractivity contribution in [3.8, 4) is 6.07 Å². The Morgan fingerprint density at radius 1 is 1.10 bits per heavy atom. The van der Waals surface area contributed by atoms with E-state index in [4.69, 9.17) is 0 Å². The number of rotatable bonds is 6. The molecule has 150 valence electrons. The van der Waals surface area contributed by atoms with E-state index in [1.807, 2.05) is 30.3 Å². The number of hydrogen-bond donors (Lipinski definition) is 1. The fraction of sp³-hybridized carbons (Fsp3) is 0.273. The monoisotopic (exact) mass is 456 g/mol. The first-order valence-corrected chi connectivity index (χ1v) is 10.2. The van der Waals surface area contributed by atoms with Crippen LogP contribution < -0.4 is 10.2 Å². The number of anilines is 1. The van der Waals surface area contributed by atoms with Crippen LogP contribution in [0.1, 0.15) is 5.56 Å². The van der Waals surface area contributed by atoms with Gasteiger partial charge in [-0.1, -0.05) is 28.1 Å². The van der Waals surface area contributed by atoms with Crippen LogP contribution in [0.25, 0.3) is 0 Å². The maximum atomic E-state index is 13.1. The maximum absolute atomic E-state index is 13.1. The third-order valence-electron chi connectivity index (χ3n) is 4.83. The summed E-state index contributed by atoms with van der Waals surface area (Å²) in [6, 6.07) is 16.4. The Balaban J connectivity index is 1.49. The molecule has 7 heteroatoms. The van der Waals surface area contributed by atoms with Crippen molar-refractivity contribution in [1.82, 2.24) is 10.2 Å². The van der Waals surface area contributed by atoms with Crippen LogP contribution in [0.3, 0.4) is 0 Å². The summed E-state index contributed by atoms with van der Waals surface area (Å²) in [6.45, 7) is 2.97. The molecule has 0 bridgehead atoms. The van der Waals surface area contributed by atoms with Gasteiger partial charge >= 0.3 is 0 Å². The lowest BCUT2D eigenvalue weighted by atomic mass is 10.1. The van der Waals surface area contributed by atoms with Gasteiger partial charge in [0.2, 0.25) is 0 Å². The van der Waals surface area contributed by atoms with Crippen molar-refractivity contribution in [3.05, 3.63) is 76.2 Å². The standard InChI is InChI=1S/C22H22BrFN4O/c23-19-3-1-17(2-4-19)9-10-26-16-18(15-25)22(29)28-13-11-27(12-14-28)21-7-5-20(24)6-8-21/h1-8,16,26H,9-14H2/b18-16-. The Hall–Kier alpha value is -2.85. The molecule has 0 atom stereocenters. The van der Waals surface area contributed by atoms with Crippen molar-refractivity contribution < 1.29 is 9.18 Å². The number of hydrogen-bond acceptors (Lipinski definition) is 4. The molecule has 0 unspecified atom stereocenters. The van der Waals surface area contributed by atoms with Crippen molar-refractivity contribution >= 4 is 27.5 Å². The molecule has 1 fully saturated rings. The van der Waals surface area contributed by atoms with Gasteiger partial charge in [0.05, 0.1) is 0 Å². The van der Waals surface area contributed by atoms with Gasteiger partial charge in [-0.3, -0.25) is 4.79 Å². The first-order valence-electron chi connectivity index (χ1n) is 9.45. The summed E-state index contributed by atoms with van der Waals surface area (Å²) in [5, 5.41) is 12.4. The van der Waals surface area contributed by atoms with E-state index in [9.17, 15) is 14.4 Å². The highest BCUT2D eigenvalue weighted by molar-refractivity contribution is 9.10. The summed E-state index contributed by atoms with van der Waals surface area (Å²) in [7, 11) is 0. The number of nitrogens with zero attached hydrogens (tertiary/aromatic N) is 3. The zero-order valence-corrected chi connectivity index (χ0v) is 17.5. The highest BCUT2D eigenvalue weighted by atomic mass is 79.9. The van der Waals surface area contributed by atoms with Gasteiger partial charge in [-0.15, -0.1) is 0 Å². The molecule has 2 aromatic rings. The summed E-state index contributed by atoms with van der Waals surface area (Å²) < 4.78 is 14.1. The molecule has 0 radical (unpaired) electrons. The number of nitrogens with one attached hydrogen (secondary N) is 1. The number of halogens is 2. The van der Waals surface area contributed by atoms with Crippen LogP contribution in [0.4, 0.5) is 10.1 Å². The number of piperazine rings is 1. The van der Waals surface area contributed by atoms with Gasteiger partial charge in [-0.2, -0.15) is 5.26 Å². The summed E-state index contributed by atoms with van der Waals surface area (Å²) in [6.07, 6.45) is 2.31. The molecule has 0 spiro atoms. The molecule has 1 aliphatic heterocycles. The molecule has 3 rings (SSSR count). The highest BCUT2D eigenvalue weighted by Crippen LogP contribution is 2.17. The van der Waals surface area contributed by atoms with E-state index in [0.717, 1.165) is 16.6 Å². The van der Waals surface area contributed by atoms with Crippen molar-refractivity contribution in [3.63, 3.8) is 0 Å². The van der Waals surface area contributed by atoms with Gasteiger partial charge in [-0.25, -0.2) is 4.39 Å². The summed E-state index contributed by atoms with van der Waals surface area (Å²) in [4.78, 5) is 16.4. The van der Waals surface area contributed by atoms with Gasteiger partial charge in [-0.05, 0) is 48.4 Å².